The molecule has 0 aliphatic carbocycles. The van der Waals surface area contributed by atoms with Gasteiger partial charge in [-0.05, 0) is 31.0 Å². The van der Waals surface area contributed by atoms with E-state index < -0.39 is 6.36 Å². The Bertz CT molecular complexity index is 433. The van der Waals surface area contributed by atoms with Gasteiger partial charge in [0.05, 0.1) is 5.69 Å². The van der Waals surface area contributed by atoms with E-state index in [1.807, 2.05) is 0 Å². The lowest BCUT2D eigenvalue weighted by atomic mass is 10.1. The van der Waals surface area contributed by atoms with Gasteiger partial charge in [-0.25, -0.2) is 0 Å². The Balaban J connectivity index is 2.13. The van der Waals surface area contributed by atoms with Gasteiger partial charge in [0.25, 0.3) is 0 Å². The first kappa shape index (κ1) is 14.5. The molecule has 1 aliphatic rings. The first-order valence-electron chi connectivity index (χ1n) is 5.83. The number of halogens is 4. The van der Waals surface area contributed by atoms with Gasteiger partial charge in [0.2, 0.25) is 0 Å². The number of nitrogens with one attached hydrogen (secondary N) is 1. The second-order valence-electron chi connectivity index (χ2n) is 4.22. The zero-order valence-electron chi connectivity index (χ0n) is 9.97. The van der Waals surface area contributed by atoms with E-state index in [0.29, 0.717) is 23.4 Å². The van der Waals surface area contributed by atoms with E-state index in [0.717, 1.165) is 12.8 Å². The number of hydrogen-bond acceptors (Lipinski definition) is 3. The lowest BCUT2D eigenvalue weighted by Gasteiger charge is -2.25. The summed E-state index contributed by atoms with van der Waals surface area (Å²) in [6.45, 7) is 1.23. The smallest absolute Gasteiger partial charge is 0.404 e. The van der Waals surface area contributed by atoms with Crippen LogP contribution >= 0.6 is 15.9 Å². The predicted octanol–water partition coefficient (Wildman–Crippen LogP) is 3.94. The molecule has 0 saturated carbocycles. The van der Waals surface area contributed by atoms with Gasteiger partial charge in [-0.1, -0.05) is 15.9 Å². The summed E-state index contributed by atoms with van der Waals surface area (Å²) in [6, 6.07) is 4.64. The number of rotatable bonds is 3. The average Bonchev–Trinajstić information content (AvgIpc) is 2.32. The molecule has 0 bridgehead atoms. The largest absolute Gasteiger partial charge is 0.573 e. The van der Waals surface area contributed by atoms with E-state index in [9.17, 15) is 13.2 Å². The van der Waals surface area contributed by atoms with Crippen LogP contribution in [0.3, 0.4) is 0 Å². The molecule has 1 saturated heterocycles. The predicted molar refractivity (Wildman–Crippen MR) is 68.3 cm³/mol. The molecule has 1 aliphatic heterocycles. The SMILES string of the molecule is FC(F)(F)Oc1cc(Br)ccc1NC1CCOCC1. The summed E-state index contributed by atoms with van der Waals surface area (Å²) in [5, 5.41) is 3.07. The topological polar surface area (TPSA) is 30.5 Å². The highest BCUT2D eigenvalue weighted by atomic mass is 79.9. The van der Waals surface area contributed by atoms with E-state index >= 15 is 0 Å². The van der Waals surface area contributed by atoms with E-state index in [1.54, 1.807) is 12.1 Å². The molecule has 0 amide bonds. The Hall–Kier alpha value is -0.950. The Morgan fingerprint density at radius 3 is 2.58 bits per heavy atom. The van der Waals surface area contributed by atoms with Gasteiger partial charge in [0.1, 0.15) is 0 Å². The molecule has 1 aromatic rings. The third-order valence-electron chi connectivity index (χ3n) is 2.75. The number of alkyl halides is 3. The van der Waals surface area contributed by atoms with Gasteiger partial charge in [-0.15, -0.1) is 13.2 Å². The van der Waals surface area contributed by atoms with Crippen LogP contribution < -0.4 is 10.1 Å². The fraction of sp³-hybridized carbons (Fsp3) is 0.500. The van der Waals surface area contributed by atoms with E-state index in [4.69, 9.17) is 4.74 Å². The molecule has 3 nitrogen and oxygen atoms in total. The molecule has 1 aromatic carbocycles. The first-order chi connectivity index (χ1) is 8.94. The molecule has 1 N–H and O–H groups in total. The van der Waals surface area contributed by atoms with Crippen LogP contribution in [0.1, 0.15) is 12.8 Å². The maximum Gasteiger partial charge on any atom is 0.573 e. The van der Waals surface area contributed by atoms with Gasteiger partial charge < -0.3 is 14.8 Å². The van der Waals surface area contributed by atoms with Crippen LogP contribution in [0.2, 0.25) is 0 Å². The quantitative estimate of drug-likeness (QED) is 0.904. The van der Waals surface area contributed by atoms with Gasteiger partial charge >= 0.3 is 6.36 Å². The van der Waals surface area contributed by atoms with Crippen LogP contribution in [0.25, 0.3) is 0 Å². The van der Waals surface area contributed by atoms with Crippen molar-refractivity contribution in [1.29, 1.82) is 0 Å². The van der Waals surface area contributed by atoms with Crippen LogP contribution in [-0.4, -0.2) is 25.6 Å². The highest BCUT2D eigenvalue weighted by Gasteiger charge is 2.32. The Morgan fingerprint density at radius 1 is 1.26 bits per heavy atom. The fourth-order valence-electron chi connectivity index (χ4n) is 1.89. The normalized spacial score (nSPS) is 17.3. The highest BCUT2D eigenvalue weighted by molar-refractivity contribution is 9.10. The van der Waals surface area contributed by atoms with Gasteiger partial charge in [0.15, 0.2) is 5.75 Å². The standard InChI is InChI=1S/C12H13BrF3NO2/c13-8-1-2-10(11(7-8)19-12(14,15)16)17-9-3-5-18-6-4-9/h1-2,7,9,17H,3-6H2. The van der Waals surface area contributed by atoms with Crippen molar-refractivity contribution in [2.45, 2.75) is 25.2 Å². The summed E-state index contributed by atoms with van der Waals surface area (Å²) in [7, 11) is 0. The molecule has 19 heavy (non-hydrogen) atoms. The molecule has 106 valence electrons. The van der Waals surface area contributed by atoms with E-state index in [-0.39, 0.29) is 11.8 Å². The van der Waals surface area contributed by atoms with Gasteiger partial charge in [-0.3, -0.25) is 0 Å². The molecular formula is C12H13BrF3NO2. The zero-order chi connectivity index (χ0) is 13.9. The van der Waals surface area contributed by atoms with Crippen LogP contribution in [0, 0.1) is 0 Å². The summed E-state index contributed by atoms with van der Waals surface area (Å²) in [6.07, 6.45) is -3.17. The van der Waals surface area contributed by atoms with Gasteiger partial charge in [-0.2, -0.15) is 0 Å². The Labute approximate surface area is 117 Å². The summed E-state index contributed by atoms with van der Waals surface area (Å²) in [5.41, 5.74) is 0.340. The third-order valence-corrected chi connectivity index (χ3v) is 3.24. The molecule has 7 heteroatoms. The Kier molecular flexibility index (Phi) is 4.57. The monoisotopic (exact) mass is 339 g/mol. The van der Waals surface area contributed by atoms with Gasteiger partial charge in [0, 0.05) is 23.7 Å². The van der Waals surface area contributed by atoms with E-state index in [1.165, 1.54) is 6.07 Å². The highest BCUT2D eigenvalue weighted by Crippen LogP contribution is 2.34. The number of ether oxygens (including phenoxy) is 2. The third kappa shape index (κ3) is 4.58. The van der Waals surface area contributed by atoms with Crippen LogP contribution in [0.15, 0.2) is 22.7 Å². The summed E-state index contributed by atoms with van der Waals surface area (Å²) < 4.78 is 46.8. The summed E-state index contributed by atoms with van der Waals surface area (Å²) >= 11 is 3.13. The lowest BCUT2D eigenvalue weighted by molar-refractivity contribution is -0.274. The van der Waals surface area contributed by atoms with Crippen LogP contribution in [0.4, 0.5) is 18.9 Å². The number of anilines is 1. The number of hydrogen-bond donors (Lipinski definition) is 1. The fourth-order valence-corrected chi connectivity index (χ4v) is 2.23. The second kappa shape index (κ2) is 6.00. The van der Waals surface area contributed by atoms with Crippen LogP contribution in [0.5, 0.6) is 5.75 Å². The maximum atomic E-state index is 12.3. The van der Waals surface area contributed by atoms with Crippen molar-refractivity contribution in [3.05, 3.63) is 22.7 Å². The minimum atomic E-state index is -4.70. The molecule has 0 aromatic heterocycles. The molecule has 2 rings (SSSR count). The van der Waals surface area contributed by atoms with Crippen molar-refractivity contribution in [3.63, 3.8) is 0 Å². The molecule has 0 atom stereocenters. The lowest BCUT2D eigenvalue weighted by Crippen LogP contribution is -2.28. The molecular weight excluding hydrogens is 327 g/mol. The van der Waals surface area contributed by atoms with Crippen molar-refractivity contribution in [2.24, 2.45) is 0 Å². The van der Waals surface area contributed by atoms with Crippen molar-refractivity contribution in [1.82, 2.24) is 0 Å². The first-order valence-corrected chi connectivity index (χ1v) is 6.63. The molecule has 0 radical (unpaired) electrons. The maximum absolute atomic E-state index is 12.3. The average molecular weight is 340 g/mol. The van der Waals surface area contributed by atoms with Crippen molar-refractivity contribution in [2.75, 3.05) is 18.5 Å². The van der Waals surface area contributed by atoms with Crippen molar-refractivity contribution >= 4 is 21.6 Å². The Morgan fingerprint density at radius 2 is 1.95 bits per heavy atom. The zero-order valence-corrected chi connectivity index (χ0v) is 11.6. The minimum Gasteiger partial charge on any atom is -0.404 e. The summed E-state index contributed by atoms with van der Waals surface area (Å²) in [4.78, 5) is 0. The van der Waals surface area contributed by atoms with E-state index in [2.05, 4.69) is 26.0 Å². The van der Waals surface area contributed by atoms with Crippen molar-refractivity contribution < 1.29 is 22.6 Å². The van der Waals surface area contributed by atoms with Crippen molar-refractivity contribution in [3.8, 4) is 5.75 Å². The molecule has 1 fully saturated rings. The number of benzene rings is 1. The second-order valence-corrected chi connectivity index (χ2v) is 5.13. The van der Waals surface area contributed by atoms with Crippen LogP contribution in [-0.2, 0) is 4.74 Å². The minimum absolute atomic E-state index is 0.102. The molecule has 1 heterocycles. The molecule has 0 unspecified atom stereocenters. The molecule has 0 spiro atoms. The summed E-state index contributed by atoms with van der Waals surface area (Å²) in [5.74, 6) is -0.228.